The molecule has 0 bridgehead atoms. The quantitative estimate of drug-likeness (QED) is 0.536. The van der Waals surface area contributed by atoms with Gasteiger partial charge in [-0.2, -0.15) is 0 Å². The highest BCUT2D eigenvalue weighted by Gasteiger charge is 2.00. The third-order valence-electron chi connectivity index (χ3n) is 2.50. The molecule has 0 spiro atoms. The van der Waals surface area contributed by atoms with Gasteiger partial charge in [-0.05, 0) is 24.5 Å². The first-order chi connectivity index (χ1) is 7.38. The van der Waals surface area contributed by atoms with Gasteiger partial charge in [0.05, 0.1) is 0 Å². The maximum Gasteiger partial charge on any atom is 0.314 e. The van der Waals surface area contributed by atoms with Crippen LogP contribution in [0, 0.1) is 0 Å². The molecule has 1 radical (unpaired) electrons. The molecule has 81 valence electrons. The van der Waals surface area contributed by atoms with Gasteiger partial charge in [0.1, 0.15) is 0 Å². The minimum Gasteiger partial charge on any atom is -0.318 e. The fourth-order valence-corrected chi connectivity index (χ4v) is 1.66. The number of unbranched alkanes of at least 4 members (excludes halogenated alkanes) is 3. The predicted octanol–water partition coefficient (Wildman–Crippen LogP) is 3.29. The molecule has 1 aromatic rings. The zero-order valence-corrected chi connectivity index (χ0v) is 9.25. The van der Waals surface area contributed by atoms with Crippen LogP contribution in [0.2, 0.25) is 0 Å². The standard InChI is InChI=1S/C13H18NO/c1-2-3-4-5-8-12-9-6-7-10-13(12)14-11-15/h6-7,9-10H,2-5,8H2,1H3,(H,14,15). The zero-order valence-electron chi connectivity index (χ0n) is 9.25. The van der Waals surface area contributed by atoms with E-state index in [0.717, 1.165) is 12.1 Å². The van der Waals surface area contributed by atoms with Gasteiger partial charge in [0.2, 0.25) is 0 Å². The Hall–Kier alpha value is -1.31. The molecule has 1 N–H and O–H groups in total. The Morgan fingerprint density at radius 2 is 2.00 bits per heavy atom. The van der Waals surface area contributed by atoms with Gasteiger partial charge in [-0.3, -0.25) is 4.79 Å². The lowest BCUT2D eigenvalue weighted by molar-refractivity contribution is 0.561. The molecule has 0 aliphatic carbocycles. The molecule has 0 aliphatic heterocycles. The van der Waals surface area contributed by atoms with Gasteiger partial charge in [-0.25, -0.2) is 0 Å². The van der Waals surface area contributed by atoms with E-state index >= 15 is 0 Å². The molecule has 0 unspecified atom stereocenters. The fourth-order valence-electron chi connectivity index (χ4n) is 1.66. The van der Waals surface area contributed by atoms with Crippen molar-refractivity contribution in [2.75, 3.05) is 5.32 Å². The molecule has 0 saturated heterocycles. The van der Waals surface area contributed by atoms with E-state index in [1.54, 1.807) is 6.41 Å². The summed E-state index contributed by atoms with van der Waals surface area (Å²) in [6, 6.07) is 7.91. The Labute approximate surface area is 91.7 Å². The van der Waals surface area contributed by atoms with E-state index < -0.39 is 0 Å². The molecule has 1 rings (SSSR count). The van der Waals surface area contributed by atoms with Gasteiger partial charge in [-0.1, -0.05) is 44.4 Å². The van der Waals surface area contributed by atoms with Gasteiger partial charge in [-0.15, -0.1) is 0 Å². The van der Waals surface area contributed by atoms with Crippen LogP contribution in [0.25, 0.3) is 0 Å². The van der Waals surface area contributed by atoms with Crippen molar-refractivity contribution in [2.45, 2.75) is 39.0 Å². The Kier molecular flexibility index (Phi) is 5.52. The van der Waals surface area contributed by atoms with Crippen LogP contribution in [0.4, 0.5) is 5.69 Å². The van der Waals surface area contributed by atoms with E-state index in [9.17, 15) is 4.79 Å². The van der Waals surface area contributed by atoms with Crippen molar-refractivity contribution in [3.63, 3.8) is 0 Å². The highest BCUT2D eigenvalue weighted by molar-refractivity contribution is 5.73. The lowest BCUT2D eigenvalue weighted by atomic mass is 10.0. The summed E-state index contributed by atoms with van der Waals surface area (Å²) in [6.07, 6.45) is 7.74. The molecule has 1 aromatic carbocycles. The Morgan fingerprint density at radius 3 is 2.73 bits per heavy atom. The molecule has 0 saturated carbocycles. The number of rotatable bonds is 7. The second-order valence-electron chi connectivity index (χ2n) is 3.69. The summed E-state index contributed by atoms with van der Waals surface area (Å²) in [5.41, 5.74) is 2.10. The lowest BCUT2D eigenvalue weighted by Crippen LogP contribution is -1.98. The average molecular weight is 204 g/mol. The topological polar surface area (TPSA) is 29.1 Å². The molecule has 2 heteroatoms. The van der Waals surface area contributed by atoms with Gasteiger partial charge < -0.3 is 5.32 Å². The summed E-state index contributed by atoms with van der Waals surface area (Å²) in [6.45, 7) is 2.21. The van der Waals surface area contributed by atoms with E-state index in [4.69, 9.17) is 0 Å². The Morgan fingerprint density at radius 1 is 1.20 bits per heavy atom. The number of anilines is 1. The smallest absolute Gasteiger partial charge is 0.314 e. The molecule has 15 heavy (non-hydrogen) atoms. The number of aryl methyl sites for hydroxylation is 1. The molecule has 0 heterocycles. The second-order valence-corrected chi connectivity index (χ2v) is 3.69. The Balaban J connectivity index is 2.47. The maximum atomic E-state index is 10.3. The van der Waals surface area contributed by atoms with E-state index in [1.165, 1.54) is 31.2 Å². The van der Waals surface area contributed by atoms with Crippen LogP contribution in [0.15, 0.2) is 24.3 Å². The zero-order chi connectivity index (χ0) is 10.9. The van der Waals surface area contributed by atoms with E-state index in [1.807, 2.05) is 18.2 Å². The summed E-state index contributed by atoms with van der Waals surface area (Å²) in [7, 11) is 0. The SMILES string of the molecule is CCCCCCc1ccccc1N[C]=O. The van der Waals surface area contributed by atoms with E-state index in [0.29, 0.717) is 0 Å². The number of para-hydroxylation sites is 1. The highest BCUT2D eigenvalue weighted by Crippen LogP contribution is 2.17. The van der Waals surface area contributed by atoms with Crippen LogP contribution in [0.1, 0.15) is 38.2 Å². The van der Waals surface area contributed by atoms with Crippen LogP contribution < -0.4 is 5.32 Å². The molecule has 0 aromatic heterocycles. The third-order valence-corrected chi connectivity index (χ3v) is 2.50. The third kappa shape index (κ3) is 4.15. The minimum atomic E-state index is 0.893. The van der Waals surface area contributed by atoms with Crippen molar-refractivity contribution in [3.05, 3.63) is 29.8 Å². The molecular weight excluding hydrogens is 186 g/mol. The van der Waals surface area contributed by atoms with Crippen LogP contribution in [0.3, 0.4) is 0 Å². The number of carbonyl (C=O) groups excluding carboxylic acids is 1. The van der Waals surface area contributed by atoms with Crippen molar-refractivity contribution < 1.29 is 4.79 Å². The molecule has 0 aliphatic rings. The monoisotopic (exact) mass is 204 g/mol. The molecular formula is C13H18NO. The first kappa shape index (κ1) is 11.8. The van der Waals surface area contributed by atoms with Crippen LogP contribution in [-0.2, 0) is 11.2 Å². The normalized spacial score (nSPS) is 9.93. The summed E-state index contributed by atoms with van der Waals surface area (Å²) < 4.78 is 0. The minimum absolute atomic E-state index is 0.893. The summed E-state index contributed by atoms with van der Waals surface area (Å²) >= 11 is 0. The molecule has 2 nitrogen and oxygen atoms in total. The van der Waals surface area contributed by atoms with Gasteiger partial charge in [0, 0.05) is 5.69 Å². The van der Waals surface area contributed by atoms with Crippen molar-refractivity contribution >= 4 is 12.1 Å². The largest absolute Gasteiger partial charge is 0.318 e. The van der Waals surface area contributed by atoms with Crippen LogP contribution in [0.5, 0.6) is 0 Å². The van der Waals surface area contributed by atoms with Crippen molar-refractivity contribution in [3.8, 4) is 0 Å². The van der Waals surface area contributed by atoms with Gasteiger partial charge in [0.25, 0.3) is 0 Å². The number of nitrogens with one attached hydrogen (secondary N) is 1. The average Bonchev–Trinajstić information content (AvgIpc) is 2.27. The predicted molar refractivity (Wildman–Crippen MR) is 63.6 cm³/mol. The molecule has 0 fully saturated rings. The molecule has 0 atom stereocenters. The number of hydrogen-bond acceptors (Lipinski definition) is 1. The number of hydrogen-bond donors (Lipinski definition) is 1. The van der Waals surface area contributed by atoms with E-state index in [-0.39, 0.29) is 0 Å². The van der Waals surface area contributed by atoms with Crippen LogP contribution in [-0.4, -0.2) is 6.41 Å². The summed E-state index contributed by atoms with van der Waals surface area (Å²) in [5.74, 6) is 0. The first-order valence-corrected chi connectivity index (χ1v) is 5.59. The van der Waals surface area contributed by atoms with Crippen molar-refractivity contribution in [1.29, 1.82) is 0 Å². The van der Waals surface area contributed by atoms with E-state index in [2.05, 4.69) is 18.3 Å². The number of benzene rings is 1. The number of amides is 1. The Bertz CT molecular complexity index is 296. The second kappa shape index (κ2) is 7.04. The summed E-state index contributed by atoms with van der Waals surface area (Å²) in [4.78, 5) is 10.3. The van der Waals surface area contributed by atoms with Gasteiger partial charge in [0.15, 0.2) is 0 Å². The maximum absolute atomic E-state index is 10.3. The van der Waals surface area contributed by atoms with Crippen molar-refractivity contribution in [1.82, 2.24) is 0 Å². The highest BCUT2D eigenvalue weighted by atomic mass is 16.1. The van der Waals surface area contributed by atoms with Gasteiger partial charge >= 0.3 is 6.41 Å². The summed E-state index contributed by atoms with van der Waals surface area (Å²) in [5, 5.41) is 2.61. The first-order valence-electron chi connectivity index (χ1n) is 5.59. The van der Waals surface area contributed by atoms with Crippen molar-refractivity contribution in [2.24, 2.45) is 0 Å². The lowest BCUT2D eigenvalue weighted by Gasteiger charge is -2.06. The van der Waals surface area contributed by atoms with Crippen LogP contribution >= 0.6 is 0 Å². The molecule has 1 amide bonds. The fraction of sp³-hybridized carbons (Fsp3) is 0.462.